The fourth-order valence-electron chi connectivity index (χ4n) is 5.88. The summed E-state index contributed by atoms with van der Waals surface area (Å²) in [7, 11) is 2.02. The van der Waals surface area contributed by atoms with E-state index in [0.717, 1.165) is 27.2 Å². The number of nitrogens with zero attached hydrogens (tertiary/aromatic N) is 3. The fraction of sp³-hybridized carbons (Fsp3) is 0.409. The molecule has 5 heteroatoms. The highest BCUT2D eigenvalue weighted by molar-refractivity contribution is 6.08. The van der Waals surface area contributed by atoms with E-state index in [1.54, 1.807) is 6.21 Å². The zero-order valence-corrected chi connectivity index (χ0v) is 15.4. The molecular formula is C22H21N3O2. The summed E-state index contributed by atoms with van der Waals surface area (Å²) >= 11 is 0. The summed E-state index contributed by atoms with van der Waals surface area (Å²) in [5.74, 6) is 1.10. The van der Waals surface area contributed by atoms with Crippen LogP contribution in [0.1, 0.15) is 17.7 Å². The summed E-state index contributed by atoms with van der Waals surface area (Å²) in [4.78, 5) is 26.1. The molecule has 1 aromatic carbocycles. The van der Waals surface area contributed by atoms with Crippen LogP contribution in [0.5, 0.6) is 0 Å². The predicted molar refractivity (Wildman–Crippen MR) is 102 cm³/mol. The van der Waals surface area contributed by atoms with Gasteiger partial charge in [0, 0.05) is 29.2 Å². The number of fused-ring (bicyclic) bond motifs is 1. The van der Waals surface area contributed by atoms with E-state index in [-0.39, 0.29) is 35.5 Å². The Kier molecular flexibility index (Phi) is 2.83. The van der Waals surface area contributed by atoms with Crippen molar-refractivity contribution in [2.24, 2.45) is 47.7 Å². The standard InChI is InChI=1S/C22H21N3O2/c1-11-17(12-5-3-4-6-18(12)24(11)2)10-23-25-21(26)19-13-7-8-14(16-9-15(13)16)20(19)22(25)27/h3-8,10,13-16,19-20H,9H2,1-2H3/b23-10-/t13-,14+,15-,16-,19+,20+/m1/s1. The number of allylic oxidation sites excluding steroid dienone is 2. The second-order valence-electron chi connectivity index (χ2n) is 8.46. The molecule has 136 valence electrons. The van der Waals surface area contributed by atoms with Gasteiger partial charge in [-0.3, -0.25) is 9.59 Å². The van der Waals surface area contributed by atoms with Crippen LogP contribution in [0.15, 0.2) is 41.5 Å². The largest absolute Gasteiger partial charge is 0.347 e. The van der Waals surface area contributed by atoms with Crippen LogP contribution in [0.3, 0.4) is 0 Å². The number of imide groups is 1. The van der Waals surface area contributed by atoms with E-state index < -0.39 is 0 Å². The van der Waals surface area contributed by atoms with Gasteiger partial charge < -0.3 is 4.57 Å². The Labute approximate surface area is 157 Å². The average molecular weight is 359 g/mol. The molecule has 2 heterocycles. The lowest BCUT2D eigenvalue weighted by atomic mass is 9.63. The number of hydrogen-bond donors (Lipinski definition) is 0. The lowest BCUT2D eigenvalue weighted by Crippen LogP contribution is -2.40. The van der Waals surface area contributed by atoms with Crippen LogP contribution in [-0.4, -0.2) is 27.6 Å². The third kappa shape index (κ3) is 1.82. The van der Waals surface area contributed by atoms with E-state index in [9.17, 15) is 9.59 Å². The van der Waals surface area contributed by atoms with Gasteiger partial charge in [0.1, 0.15) is 0 Å². The molecule has 1 aliphatic heterocycles. The number of amides is 2. The maximum atomic E-state index is 13.0. The normalized spacial score (nSPS) is 36.1. The van der Waals surface area contributed by atoms with Crippen LogP contribution < -0.4 is 0 Å². The topological polar surface area (TPSA) is 54.7 Å². The summed E-state index contributed by atoms with van der Waals surface area (Å²) < 4.78 is 2.11. The van der Waals surface area contributed by atoms with E-state index in [2.05, 4.69) is 34.0 Å². The third-order valence-electron chi connectivity index (χ3n) is 7.39. The quantitative estimate of drug-likeness (QED) is 0.470. The van der Waals surface area contributed by atoms with E-state index in [1.165, 1.54) is 6.42 Å². The van der Waals surface area contributed by atoms with E-state index in [4.69, 9.17) is 0 Å². The molecule has 1 aromatic heterocycles. The van der Waals surface area contributed by atoms with Gasteiger partial charge in [0.25, 0.3) is 11.8 Å². The molecule has 3 fully saturated rings. The van der Waals surface area contributed by atoms with Crippen molar-refractivity contribution in [3.8, 4) is 0 Å². The van der Waals surface area contributed by atoms with Crippen LogP contribution in [0.2, 0.25) is 0 Å². The molecule has 5 nitrogen and oxygen atoms in total. The van der Waals surface area contributed by atoms with Crippen molar-refractivity contribution in [3.05, 3.63) is 47.7 Å². The zero-order valence-electron chi connectivity index (χ0n) is 15.4. The molecular weight excluding hydrogens is 338 g/mol. The molecule has 2 aromatic rings. The first kappa shape index (κ1) is 15.4. The van der Waals surface area contributed by atoms with Gasteiger partial charge in [-0.25, -0.2) is 0 Å². The molecule has 2 bridgehead atoms. The highest BCUT2D eigenvalue weighted by atomic mass is 16.2. The monoisotopic (exact) mass is 359 g/mol. The number of rotatable bonds is 2. The SMILES string of the molecule is Cc1c(/C=N\N2C(=O)[C@H]3[C@@H]4C=C[C@@H]([C@H]5C[C@H]45)[C@@H]3C2=O)c2ccccc2n1C. The first-order valence-corrected chi connectivity index (χ1v) is 9.72. The summed E-state index contributed by atoms with van der Waals surface area (Å²) in [5.41, 5.74) is 3.15. The van der Waals surface area contributed by atoms with Crippen LogP contribution in [0.25, 0.3) is 10.9 Å². The van der Waals surface area contributed by atoms with Gasteiger partial charge in [-0.2, -0.15) is 10.1 Å². The van der Waals surface area contributed by atoms with E-state index >= 15 is 0 Å². The van der Waals surface area contributed by atoms with Gasteiger partial charge >= 0.3 is 0 Å². The van der Waals surface area contributed by atoms with Gasteiger partial charge in [0.15, 0.2) is 0 Å². The number of carbonyl (C=O) groups excluding carboxylic acids is 2. The second kappa shape index (κ2) is 4.97. The highest BCUT2D eigenvalue weighted by Crippen LogP contribution is 2.65. The van der Waals surface area contributed by atoms with Crippen molar-refractivity contribution < 1.29 is 9.59 Å². The van der Waals surface area contributed by atoms with Crippen molar-refractivity contribution >= 4 is 28.9 Å². The first-order chi connectivity index (χ1) is 13.1. The van der Waals surface area contributed by atoms with Crippen LogP contribution in [-0.2, 0) is 16.6 Å². The third-order valence-corrected chi connectivity index (χ3v) is 7.39. The lowest BCUT2D eigenvalue weighted by molar-refractivity contribution is -0.140. The molecule has 0 unspecified atom stereocenters. The Bertz CT molecular complexity index is 1040. The summed E-state index contributed by atoms with van der Waals surface area (Å²) in [6.45, 7) is 2.03. The van der Waals surface area contributed by atoms with Gasteiger partial charge in [-0.05, 0) is 43.1 Å². The van der Waals surface area contributed by atoms with E-state index in [1.807, 2.05) is 26.1 Å². The number of aromatic nitrogens is 1. The Balaban J connectivity index is 1.38. The Morgan fingerprint density at radius 2 is 1.67 bits per heavy atom. The molecule has 7 rings (SSSR count). The lowest BCUT2D eigenvalue weighted by Gasteiger charge is -2.37. The van der Waals surface area contributed by atoms with Crippen molar-refractivity contribution in [1.82, 2.24) is 9.58 Å². The number of hydrazone groups is 1. The Hall–Kier alpha value is -2.69. The number of hydrogen-bond acceptors (Lipinski definition) is 3. The second-order valence-corrected chi connectivity index (χ2v) is 8.46. The van der Waals surface area contributed by atoms with Crippen molar-refractivity contribution in [1.29, 1.82) is 0 Å². The van der Waals surface area contributed by atoms with Crippen LogP contribution in [0, 0.1) is 42.4 Å². The first-order valence-electron chi connectivity index (χ1n) is 9.72. The molecule has 0 spiro atoms. The van der Waals surface area contributed by atoms with Crippen molar-refractivity contribution in [2.45, 2.75) is 13.3 Å². The number of aryl methyl sites for hydroxylation is 1. The van der Waals surface area contributed by atoms with Crippen LogP contribution in [0.4, 0.5) is 0 Å². The minimum atomic E-state index is -0.193. The maximum Gasteiger partial charge on any atom is 0.254 e. The van der Waals surface area contributed by atoms with Crippen molar-refractivity contribution in [2.75, 3.05) is 0 Å². The van der Waals surface area contributed by atoms with Crippen LogP contribution >= 0.6 is 0 Å². The molecule has 0 N–H and O–H groups in total. The maximum absolute atomic E-state index is 13.0. The van der Waals surface area contributed by atoms with E-state index in [0.29, 0.717) is 11.8 Å². The average Bonchev–Trinajstić information content (AvgIpc) is 3.43. The zero-order chi connectivity index (χ0) is 18.4. The molecule has 0 radical (unpaired) electrons. The minimum absolute atomic E-state index is 0.108. The van der Waals surface area contributed by atoms with Gasteiger partial charge in [-0.15, -0.1) is 0 Å². The highest BCUT2D eigenvalue weighted by Gasteiger charge is 2.67. The van der Waals surface area contributed by atoms with Crippen molar-refractivity contribution in [3.63, 3.8) is 0 Å². The Morgan fingerprint density at radius 3 is 2.33 bits per heavy atom. The molecule has 1 saturated heterocycles. The number of benzene rings is 1. The molecule has 5 aliphatic rings. The molecule has 4 aliphatic carbocycles. The molecule has 27 heavy (non-hydrogen) atoms. The number of para-hydroxylation sites is 1. The van der Waals surface area contributed by atoms with Gasteiger partial charge in [0.05, 0.1) is 18.1 Å². The predicted octanol–water partition coefficient (Wildman–Crippen LogP) is 2.87. The Morgan fingerprint density at radius 1 is 1.04 bits per heavy atom. The molecule has 6 atom stereocenters. The minimum Gasteiger partial charge on any atom is -0.347 e. The molecule has 2 amide bonds. The summed E-state index contributed by atoms with van der Waals surface area (Å²) in [6.07, 6.45) is 7.25. The molecule has 2 saturated carbocycles. The summed E-state index contributed by atoms with van der Waals surface area (Å²) in [6, 6.07) is 8.12. The number of carbonyl (C=O) groups is 2. The van der Waals surface area contributed by atoms with Gasteiger partial charge in [-0.1, -0.05) is 30.4 Å². The fourth-order valence-corrected chi connectivity index (χ4v) is 5.88. The van der Waals surface area contributed by atoms with Gasteiger partial charge in [0.2, 0.25) is 0 Å². The summed E-state index contributed by atoms with van der Waals surface area (Å²) in [5, 5.41) is 6.65. The smallest absolute Gasteiger partial charge is 0.254 e.